The summed E-state index contributed by atoms with van der Waals surface area (Å²) in [6.07, 6.45) is 1.48. The van der Waals surface area contributed by atoms with Crippen LogP contribution in [0.2, 0.25) is 5.02 Å². The van der Waals surface area contributed by atoms with Crippen molar-refractivity contribution in [1.82, 2.24) is 5.43 Å². The van der Waals surface area contributed by atoms with Gasteiger partial charge in [0.25, 0.3) is 5.91 Å². The molecule has 0 fully saturated rings. The molecule has 4 rings (SSSR count). The maximum Gasteiger partial charge on any atom is 0.344 e. The van der Waals surface area contributed by atoms with Crippen LogP contribution in [0.5, 0.6) is 11.5 Å². The number of carbonyl (C=O) groups is 2. The molecule has 0 unspecified atom stereocenters. The van der Waals surface area contributed by atoms with Crippen LogP contribution in [0.4, 0.5) is 0 Å². The van der Waals surface area contributed by atoms with Crippen LogP contribution >= 0.6 is 11.6 Å². The number of hydrogen-bond acceptors (Lipinski definition) is 5. The first-order valence-corrected chi connectivity index (χ1v) is 10.5. The fourth-order valence-electron chi connectivity index (χ4n) is 3.08. The van der Waals surface area contributed by atoms with Gasteiger partial charge in [0.1, 0.15) is 11.5 Å². The van der Waals surface area contributed by atoms with E-state index < -0.39 is 11.9 Å². The van der Waals surface area contributed by atoms with Crippen molar-refractivity contribution in [3.8, 4) is 11.5 Å². The summed E-state index contributed by atoms with van der Waals surface area (Å²) < 4.78 is 10.9. The Morgan fingerprint density at radius 1 is 0.848 bits per heavy atom. The van der Waals surface area contributed by atoms with Crippen LogP contribution in [-0.2, 0) is 4.79 Å². The second-order valence-electron chi connectivity index (χ2n) is 7.02. The Morgan fingerprint density at radius 2 is 1.55 bits per heavy atom. The van der Waals surface area contributed by atoms with E-state index in [-0.39, 0.29) is 6.61 Å². The monoisotopic (exact) mass is 458 g/mol. The van der Waals surface area contributed by atoms with Crippen LogP contribution in [0.3, 0.4) is 0 Å². The molecule has 0 bridgehead atoms. The minimum Gasteiger partial charge on any atom is -0.484 e. The van der Waals surface area contributed by atoms with E-state index in [4.69, 9.17) is 21.1 Å². The number of benzene rings is 4. The molecular weight excluding hydrogens is 440 g/mol. The summed E-state index contributed by atoms with van der Waals surface area (Å²) in [4.78, 5) is 24.5. The highest BCUT2D eigenvalue weighted by Crippen LogP contribution is 2.21. The smallest absolute Gasteiger partial charge is 0.344 e. The highest BCUT2D eigenvalue weighted by atomic mass is 35.5. The second kappa shape index (κ2) is 10.4. The Balaban J connectivity index is 1.29. The van der Waals surface area contributed by atoms with Crippen LogP contribution in [0, 0.1) is 0 Å². The van der Waals surface area contributed by atoms with E-state index in [2.05, 4.69) is 10.5 Å². The molecule has 164 valence electrons. The summed E-state index contributed by atoms with van der Waals surface area (Å²) in [6.45, 7) is -0.179. The fourth-order valence-corrected chi connectivity index (χ4v) is 3.20. The number of halogens is 1. The largest absolute Gasteiger partial charge is 0.484 e. The standard InChI is InChI=1S/C26H19ClN2O4/c27-20-10-14-21(15-11-20)32-17-25(30)29-28-16-18-8-12-22(13-9-18)33-26(31)24-7-3-5-19-4-1-2-6-23(19)24/h1-16H,17H2,(H,29,30)/b28-16+. The number of esters is 1. The molecule has 0 aliphatic rings. The van der Waals surface area contributed by atoms with E-state index in [1.54, 1.807) is 54.6 Å². The molecule has 0 aliphatic carbocycles. The molecule has 0 aromatic heterocycles. The molecule has 33 heavy (non-hydrogen) atoms. The number of ether oxygens (including phenoxy) is 2. The molecule has 0 heterocycles. The fraction of sp³-hybridized carbons (Fsp3) is 0.0385. The van der Waals surface area contributed by atoms with Crippen molar-refractivity contribution in [3.63, 3.8) is 0 Å². The molecule has 0 spiro atoms. The maximum atomic E-state index is 12.6. The first-order valence-electron chi connectivity index (χ1n) is 10.1. The highest BCUT2D eigenvalue weighted by Gasteiger charge is 2.12. The predicted molar refractivity (Wildman–Crippen MR) is 128 cm³/mol. The first kappa shape index (κ1) is 22.0. The molecule has 0 saturated heterocycles. The number of amides is 1. The molecule has 1 N–H and O–H groups in total. The van der Waals surface area contributed by atoms with E-state index in [0.29, 0.717) is 22.1 Å². The Bertz CT molecular complexity index is 1300. The average Bonchev–Trinajstić information content (AvgIpc) is 2.84. The predicted octanol–water partition coefficient (Wildman–Crippen LogP) is 5.24. The summed E-state index contributed by atoms with van der Waals surface area (Å²) in [5, 5.41) is 6.30. The number of nitrogens with zero attached hydrogens (tertiary/aromatic N) is 1. The Labute approximate surface area is 195 Å². The number of nitrogens with one attached hydrogen (secondary N) is 1. The molecule has 0 atom stereocenters. The van der Waals surface area contributed by atoms with Gasteiger partial charge in [-0.05, 0) is 70.9 Å². The van der Waals surface area contributed by atoms with E-state index in [1.165, 1.54) is 6.21 Å². The lowest BCUT2D eigenvalue weighted by atomic mass is 10.0. The molecular formula is C26H19ClN2O4. The SMILES string of the molecule is O=C(COc1ccc(Cl)cc1)N/N=C/c1ccc(OC(=O)c2cccc3ccccc23)cc1. The van der Waals surface area contributed by atoms with Crippen molar-refractivity contribution in [3.05, 3.63) is 107 Å². The van der Waals surface area contributed by atoms with Gasteiger partial charge in [0.05, 0.1) is 11.8 Å². The van der Waals surface area contributed by atoms with Crippen LogP contribution in [0.15, 0.2) is 96.1 Å². The van der Waals surface area contributed by atoms with Crippen molar-refractivity contribution in [2.24, 2.45) is 5.10 Å². The number of hydrogen-bond donors (Lipinski definition) is 1. The lowest BCUT2D eigenvalue weighted by Crippen LogP contribution is -2.24. The lowest BCUT2D eigenvalue weighted by Gasteiger charge is -2.07. The van der Waals surface area contributed by atoms with E-state index >= 15 is 0 Å². The quantitative estimate of drug-likeness (QED) is 0.178. The molecule has 4 aromatic carbocycles. The summed E-state index contributed by atoms with van der Waals surface area (Å²) in [5.41, 5.74) is 3.62. The van der Waals surface area contributed by atoms with Gasteiger partial charge in [-0.1, -0.05) is 48.0 Å². The first-order chi connectivity index (χ1) is 16.1. The third kappa shape index (κ3) is 5.96. The van der Waals surface area contributed by atoms with Gasteiger partial charge in [0.15, 0.2) is 6.61 Å². The molecule has 1 amide bonds. The van der Waals surface area contributed by atoms with Gasteiger partial charge in [0.2, 0.25) is 0 Å². The Kier molecular flexibility index (Phi) is 6.97. The van der Waals surface area contributed by atoms with Crippen LogP contribution in [-0.4, -0.2) is 24.7 Å². The van der Waals surface area contributed by atoms with Gasteiger partial charge in [0, 0.05) is 5.02 Å². The third-order valence-corrected chi connectivity index (χ3v) is 4.94. The second-order valence-corrected chi connectivity index (χ2v) is 7.46. The van der Waals surface area contributed by atoms with Crippen molar-refractivity contribution < 1.29 is 19.1 Å². The topological polar surface area (TPSA) is 77.0 Å². The van der Waals surface area contributed by atoms with E-state index in [9.17, 15) is 9.59 Å². The van der Waals surface area contributed by atoms with Gasteiger partial charge in [-0.3, -0.25) is 4.79 Å². The number of fused-ring (bicyclic) bond motifs is 1. The zero-order valence-corrected chi connectivity index (χ0v) is 18.2. The van der Waals surface area contributed by atoms with Crippen LogP contribution in [0.1, 0.15) is 15.9 Å². The Hall–Kier alpha value is -4.16. The summed E-state index contributed by atoms with van der Waals surface area (Å²) in [5.74, 6) is 0.112. The highest BCUT2D eigenvalue weighted by molar-refractivity contribution is 6.30. The molecule has 4 aromatic rings. The van der Waals surface area contributed by atoms with Crippen LogP contribution in [0.25, 0.3) is 10.8 Å². The number of hydrazone groups is 1. The molecule has 0 radical (unpaired) electrons. The van der Waals surface area contributed by atoms with Crippen molar-refractivity contribution >= 4 is 40.5 Å². The van der Waals surface area contributed by atoms with Gasteiger partial charge in [-0.15, -0.1) is 0 Å². The normalized spacial score (nSPS) is 10.8. The number of carbonyl (C=O) groups excluding carboxylic acids is 2. The average molecular weight is 459 g/mol. The van der Waals surface area contributed by atoms with Crippen LogP contribution < -0.4 is 14.9 Å². The third-order valence-electron chi connectivity index (χ3n) is 4.69. The van der Waals surface area contributed by atoms with Crippen molar-refractivity contribution in [2.75, 3.05) is 6.61 Å². The molecule has 0 aliphatic heterocycles. The molecule has 6 nitrogen and oxygen atoms in total. The molecule has 7 heteroatoms. The molecule has 0 saturated carbocycles. The summed E-state index contributed by atoms with van der Waals surface area (Å²) in [6, 6.07) is 26.6. The zero-order valence-electron chi connectivity index (χ0n) is 17.4. The van der Waals surface area contributed by atoms with Crippen molar-refractivity contribution in [1.29, 1.82) is 0 Å². The summed E-state index contributed by atoms with van der Waals surface area (Å²) >= 11 is 5.81. The minimum atomic E-state index is -0.429. The van der Waals surface area contributed by atoms with E-state index in [0.717, 1.165) is 16.3 Å². The van der Waals surface area contributed by atoms with Crippen molar-refractivity contribution in [2.45, 2.75) is 0 Å². The van der Waals surface area contributed by atoms with Gasteiger partial charge >= 0.3 is 5.97 Å². The zero-order chi connectivity index (χ0) is 23.0. The van der Waals surface area contributed by atoms with Gasteiger partial charge < -0.3 is 9.47 Å². The maximum absolute atomic E-state index is 12.6. The van der Waals surface area contributed by atoms with E-state index in [1.807, 2.05) is 36.4 Å². The summed E-state index contributed by atoms with van der Waals surface area (Å²) in [7, 11) is 0. The minimum absolute atomic E-state index is 0.179. The van der Waals surface area contributed by atoms with Gasteiger partial charge in [-0.2, -0.15) is 5.10 Å². The Morgan fingerprint density at radius 3 is 2.33 bits per heavy atom. The lowest BCUT2D eigenvalue weighted by molar-refractivity contribution is -0.123. The van der Waals surface area contributed by atoms with Gasteiger partial charge in [-0.25, -0.2) is 10.2 Å². The number of rotatable bonds is 7.